The normalized spacial score (nSPS) is 20.1. The molecule has 0 saturated carbocycles. The maximum atomic E-state index is 11.2. The molecule has 6 heteroatoms. The third-order valence-electron chi connectivity index (χ3n) is 4.03. The molecule has 1 amide bonds. The Hall–Kier alpha value is -1.40. The maximum absolute atomic E-state index is 11.2. The van der Waals surface area contributed by atoms with Crippen molar-refractivity contribution in [3.05, 3.63) is 23.5 Å². The van der Waals surface area contributed by atoms with E-state index in [1.54, 1.807) is 6.20 Å². The molecule has 2 N–H and O–H groups in total. The van der Waals surface area contributed by atoms with Crippen LogP contribution in [0.5, 0.6) is 0 Å². The Bertz CT molecular complexity index is 527. The monoisotopic (exact) mass is 276 g/mol. The first-order valence-electron chi connectivity index (χ1n) is 6.72. The van der Waals surface area contributed by atoms with Gasteiger partial charge in [-0.25, -0.2) is 0 Å². The van der Waals surface area contributed by atoms with Crippen LogP contribution in [0.15, 0.2) is 12.3 Å². The minimum Gasteiger partial charge on any atom is -0.399 e. The molecule has 0 unspecified atom stereocenters. The lowest BCUT2D eigenvalue weighted by Gasteiger charge is -2.32. The van der Waals surface area contributed by atoms with E-state index in [0.717, 1.165) is 16.7 Å². The third-order valence-corrected chi connectivity index (χ3v) is 4.03. The second-order valence-electron chi connectivity index (χ2n) is 6.26. The Morgan fingerprint density at radius 2 is 1.85 bits per heavy atom. The van der Waals surface area contributed by atoms with Crippen LogP contribution < -0.4 is 11.2 Å². The number of rotatable bonds is 3. The molecule has 1 aliphatic heterocycles. The molecule has 5 nitrogen and oxygen atoms in total. The molecule has 108 valence electrons. The van der Waals surface area contributed by atoms with Crippen LogP contribution in [0.2, 0.25) is 0 Å². The summed E-state index contributed by atoms with van der Waals surface area (Å²) in [4.78, 5) is 15.4. The summed E-state index contributed by atoms with van der Waals surface area (Å²) in [6.07, 6.45) is 1.80. The number of aryl methyl sites for hydroxylation is 1. The Morgan fingerprint density at radius 1 is 1.30 bits per heavy atom. The van der Waals surface area contributed by atoms with E-state index >= 15 is 0 Å². The zero-order chi connectivity index (χ0) is 15.1. The number of nitrogens with zero attached hydrogens (tertiary/aromatic N) is 1. The molecule has 1 aliphatic rings. The van der Waals surface area contributed by atoms with Gasteiger partial charge in [-0.15, -0.1) is 0 Å². The molecule has 0 spiro atoms. The van der Waals surface area contributed by atoms with Crippen molar-refractivity contribution in [3.8, 4) is 0 Å². The van der Waals surface area contributed by atoms with Gasteiger partial charge in [0.05, 0.1) is 17.6 Å². The average Bonchev–Trinajstić information content (AvgIpc) is 2.50. The Balaban J connectivity index is 2.38. The van der Waals surface area contributed by atoms with Crippen molar-refractivity contribution in [2.45, 2.75) is 52.2 Å². The van der Waals surface area contributed by atoms with Gasteiger partial charge in [-0.3, -0.25) is 9.78 Å². The standard InChI is InChI=1S/C14H21BN2O3/c1-9-6-11(10(8-17-9)7-12(16)18)15-19-13(2,3)14(4,5)20-15/h6,8H,7H2,1-5H3,(H2,16,18). The molecule has 0 aliphatic carbocycles. The van der Waals surface area contributed by atoms with Gasteiger partial charge in [-0.2, -0.15) is 0 Å². The number of carbonyl (C=O) groups is 1. The molecule has 0 radical (unpaired) electrons. The number of amides is 1. The molecule has 20 heavy (non-hydrogen) atoms. The highest BCUT2D eigenvalue weighted by Gasteiger charge is 2.52. The van der Waals surface area contributed by atoms with E-state index in [0.29, 0.717) is 0 Å². The fourth-order valence-electron chi connectivity index (χ4n) is 2.13. The minimum atomic E-state index is -0.504. The smallest absolute Gasteiger partial charge is 0.399 e. The van der Waals surface area contributed by atoms with Crippen molar-refractivity contribution in [2.75, 3.05) is 0 Å². The van der Waals surface area contributed by atoms with Gasteiger partial charge in [-0.1, -0.05) is 0 Å². The lowest BCUT2D eigenvalue weighted by Crippen LogP contribution is -2.41. The molecule has 1 aromatic heterocycles. The summed E-state index contributed by atoms with van der Waals surface area (Å²) >= 11 is 0. The minimum absolute atomic E-state index is 0.132. The summed E-state index contributed by atoms with van der Waals surface area (Å²) in [6.45, 7) is 9.87. The van der Waals surface area contributed by atoms with Gasteiger partial charge >= 0.3 is 7.12 Å². The third kappa shape index (κ3) is 2.71. The molecular weight excluding hydrogens is 255 g/mol. The topological polar surface area (TPSA) is 74.4 Å². The quantitative estimate of drug-likeness (QED) is 0.825. The van der Waals surface area contributed by atoms with Crippen LogP contribution in [0.25, 0.3) is 0 Å². The van der Waals surface area contributed by atoms with Crippen molar-refractivity contribution in [2.24, 2.45) is 5.73 Å². The largest absolute Gasteiger partial charge is 0.495 e. The highest BCUT2D eigenvalue weighted by Crippen LogP contribution is 2.36. The Kier molecular flexibility index (Phi) is 3.65. The van der Waals surface area contributed by atoms with E-state index in [9.17, 15) is 4.79 Å². The van der Waals surface area contributed by atoms with Crippen molar-refractivity contribution in [1.29, 1.82) is 0 Å². The predicted octanol–water partition coefficient (Wildman–Crippen LogP) is 0.717. The van der Waals surface area contributed by atoms with Gasteiger partial charge in [0.2, 0.25) is 5.91 Å². The SMILES string of the molecule is Cc1cc(B2OC(C)(C)C(C)(C)O2)c(CC(N)=O)cn1. The molecule has 1 saturated heterocycles. The van der Waals surface area contributed by atoms with E-state index < -0.39 is 24.2 Å². The lowest BCUT2D eigenvalue weighted by molar-refractivity contribution is -0.117. The maximum Gasteiger partial charge on any atom is 0.495 e. The van der Waals surface area contributed by atoms with E-state index in [2.05, 4.69) is 4.98 Å². The number of carbonyl (C=O) groups excluding carboxylic acids is 1. The van der Waals surface area contributed by atoms with Crippen LogP contribution in [0.4, 0.5) is 0 Å². The predicted molar refractivity (Wildman–Crippen MR) is 77.6 cm³/mol. The first kappa shape index (κ1) is 15.0. The summed E-state index contributed by atoms with van der Waals surface area (Å²) in [5, 5.41) is 0. The molecule has 2 heterocycles. The number of aromatic nitrogens is 1. The van der Waals surface area contributed by atoms with E-state index in [1.807, 2.05) is 40.7 Å². The molecular formula is C14H21BN2O3. The molecule has 0 aromatic carbocycles. The number of hydrogen-bond acceptors (Lipinski definition) is 4. The summed E-state index contributed by atoms with van der Waals surface area (Å²) in [5.74, 6) is -0.395. The van der Waals surface area contributed by atoms with Crippen molar-refractivity contribution >= 4 is 18.5 Å². The van der Waals surface area contributed by atoms with Gasteiger partial charge in [0.25, 0.3) is 0 Å². The van der Waals surface area contributed by atoms with E-state index in [4.69, 9.17) is 15.0 Å². The zero-order valence-electron chi connectivity index (χ0n) is 12.7. The molecule has 2 rings (SSSR count). The fraction of sp³-hybridized carbons (Fsp3) is 0.571. The lowest BCUT2D eigenvalue weighted by atomic mass is 9.75. The summed E-state index contributed by atoms with van der Waals surface area (Å²) in [6, 6.07) is 1.89. The summed E-state index contributed by atoms with van der Waals surface area (Å²) < 4.78 is 12.1. The van der Waals surface area contributed by atoms with Gasteiger partial charge in [-0.05, 0) is 51.7 Å². The van der Waals surface area contributed by atoms with Crippen LogP contribution in [0.1, 0.15) is 39.0 Å². The highest BCUT2D eigenvalue weighted by atomic mass is 16.7. The van der Waals surface area contributed by atoms with E-state index in [1.165, 1.54) is 0 Å². The Morgan fingerprint density at radius 3 is 2.35 bits per heavy atom. The number of hydrogen-bond donors (Lipinski definition) is 1. The van der Waals surface area contributed by atoms with Crippen LogP contribution in [-0.4, -0.2) is 29.2 Å². The van der Waals surface area contributed by atoms with Gasteiger partial charge in [0.1, 0.15) is 0 Å². The molecule has 1 fully saturated rings. The molecule has 0 atom stereocenters. The average molecular weight is 276 g/mol. The zero-order valence-corrected chi connectivity index (χ0v) is 12.7. The van der Waals surface area contributed by atoms with Crippen LogP contribution in [-0.2, 0) is 20.5 Å². The van der Waals surface area contributed by atoms with Crippen LogP contribution in [0, 0.1) is 6.92 Å². The first-order chi connectivity index (χ1) is 9.12. The second-order valence-corrected chi connectivity index (χ2v) is 6.26. The number of nitrogens with two attached hydrogens (primary N) is 1. The van der Waals surface area contributed by atoms with Gasteiger partial charge in [0.15, 0.2) is 0 Å². The van der Waals surface area contributed by atoms with Crippen LogP contribution >= 0.6 is 0 Å². The van der Waals surface area contributed by atoms with Crippen molar-refractivity contribution in [3.63, 3.8) is 0 Å². The molecule has 0 bridgehead atoms. The number of primary amides is 1. The van der Waals surface area contributed by atoms with Gasteiger partial charge in [0, 0.05) is 11.9 Å². The fourth-order valence-corrected chi connectivity index (χ4v) is 2.13. The van der Waals surface area contributed by atoms with Crippen LogP contribution in [0.3, 0.4) is 0 Å². The van der Waals surface area contributed by atoms with Crippen molar-refractivity contribution < 1.29 is 14.1 Å². The Labute approximate surface area is 120 Å². The van der Waals surface area contributed by atoms with Gasteiger partial charge < -0.3 is 15.0 Å². The number of pyridine rings is 1. The van der Waals surface area contributed by atoms with E-state index in [-0.39, 0.29) is 6.42 Å². The molecule has 1 aromatic rings. The van der Waals surface area contributed by atoms with Crippen molar-refractivity contribution in [1.82, 2.24) is 4.98 Å². The summed E-state index contributed by atoms with van der Waals surface area (Å²) in [7, 11) is -0.504. The highest BCUT2D eigenvalue weighted by molar-refractivity contribution is 6.62. The first-order valence-corrected chi connectivity index (χ1v) is 6.72. The second kappa shape index (κ2) is 4.86. The summed E-state index contributed by atoms with van der Waals surface area (Å²) in [5.41, 5.74) is 6.88.